The molecule has 1 aromatic carbocycles. The lowest BCUT2D eigenvalue weighted by molar-refractivity contribution is 0.266. The van der Waals surface area contributed by atoms with E-state index in [1.165, 1.54) is 5.56 Å². The maximum absolute atomic E-state index is 5.97. The highest BCUT2D eigenvalue weighted by Crippen LogP contribution is 2.25. The predicted molar refractivity (Wildman–Crippen MR) is 85.7 cm³/mol. The fraction of sp³-hybridized carbons (Fsp3) is 0.444. The van der Waals surface area contributed by atoms with Gasteiger partial charge in [-0.05, 0) is 42.6 Å². The van der Waals surface area contributed by atoms with Crippen LogP contribution >= 0.6 is 0 Å². The summed E-state index contributed by atoms with van der Waals surface area (Å²) >= 11 is 0. The molecule has 0 aliphatic carbocycles. The molecule has 2 aromatic rings. The van der Waals surface area contributed by atoms with Gasteiger partial charge in [0.25, 0.3) is 0 Å². The molecular weight excluding hydrogens is 262 g/mol. The molecule has 3 heteroatoms. The second-order valence-corrected chi connectivity index (χ2v) is 5.62. The molecule has 0 saturated heterocycles. The van der Waals surface area contributed by atoms with E-state index < -0.39 is 0 Å². The molecule has 0 spiro atoms. The van der Waals surface area contributed by atoms with Crippen LogP contribution in [0.15, 0.2) is 34.9 Å². The van der Waals surface area contributed by atoms with Crippen LogP contribution in [0.1, 0.15) is 49.1 Å². The van der Waals surface area contributed by atoms with Crippen LogP contribution in [-0.2, 0) is 13.2 Å². The van der Waals surface area contributed by atoms with Crippen molar-refractivity contribution in [3.8, 4) is 5.75 Å². The van der Waals surface area contributed by atoms with E-state index in [-0.39, 0.29) is 0 Å². The number of nitrogens with one attached hydrogen (secondary N) is 1. The highest BCUT2D eigenvalue weighted by atomic mass is 16.5. The first-order chi connectivity index (χ1) is 10.1. The number of hydrogen-bond donors (Lipinski definition) is 1. The third kappa shape index (κ3) is 4.11. The van der Waals surface area contributed by atoms with Crippen LogP contribution in [0.25, 0.3) is 0 Å². The Morgan fingerprint density at radius 3 is 2.76 bits per heavy atom. The third-order valence-corrected chi connectivity index (χ3v) is 3.64. The zero-order valence-electron chi connectivity index (χ0n) is 13.4. The van der Waals surface area contributed by atoms with Crippen LogP contribution < -0.4 is 10.1 Å². The van der Waals surface area contributed by atoms with Crippen molar-refractivity contribution < 1.29 is 9.15 Å². The summed E-state index contributed by atoms with van der Waals surface area (Å²) in [6.07, 6.45) is 1.72. The fourth-order valence-electron chi connectivity index (χ4n) is 2.19. The minimum absolute atomic E-state index is 0.468. The summed E-state index contributed by atoms with van der Waals surface area (Å²) in [5.74, 6) is 2.33. The van der Waals surface area contributed by atoms with Crippen LogP contribution in [0.2, 0.25) is 0 Å². The van der Waals surface area contributed by atoms with Crippen molar-refractivity contribution >= 4 is 0 Å². The molecule has 114 valence electrons. The summed E-state index contributed by atoms with van der Waals surface area (Å²) in [5, 5.41) is 3.31. The molecule has 0 fully saturated rings. The molecule has 3 nitrogen and oxygen atoms in total. The summed E-state index contributed by atoms with van der Waals surface area (Å²) in [6, 6.07) is 8.41. The van der Waals surface area contributed by atoms with Gasteiger partial charge in [0.15, 0.2) is 0 Å². The highest BCUT2D eigenvalue weighted by molar-refractivity contribution is 5.38. The average Bonchev–Trinajstić information content (AvgIpc) is 2.91. The van der Waals surface area contributed by atoms with Crippen molar-refractivity contribution in [2.45, 2.75) is 46.8 Å². The van der Waals surface area contributed by atoms with Crippen molar-refractivity contribution in [3.63, 3.8) is 0 Å². The minimum Gasteiger partial charge on any atom is -0.485 e. The van der Waals surface area contributed by atoms with Crippen molar-refractivity contribution in [2.24, 2.45) is 0 Å². The van der Waals surface area contributed by atoms with Gasteiger partial charge in [-0.1, -0.05) is 32.9 Å². The second-order valence-electron chi connectivity index (χ2n) is 5.62. The Labute approximate surface area is 127 Å². The summed E-state index contributed by atoms with van der Waals surface area (Å²) in [4.78, 5) is 0. The minimum atomic E-state index is 0.468. The number of aryl methyl sites for hydroxylation is 1. The maximum Gasteiger partial charge on any atom is 0.146 e. The van der Waals surface area contributed by atoms with Gasteiger partial charge in [0, 0.05) is 12.1 Å². The maximum atomic E-state index is 5.97. The zero-order valence-corrected chi connectivity index (χ0v) is 13.4. The van der Waals surface area contributed by atoms with Gasteiger partial charge >= 0.3 is 0 Å². The standard InChI is InChI=1S/C18H25NO2/c1-5-19-11-16-8-9-20-18(16)12-21-17-10-15(13(2)3)7-6-14(17)4/h6-10,13,19H,5,11-12H2,1-4H3. The lowest BCUT2D eigenvalue weighted by Crippen LogP contribution is -2.12. The van der Waals surface area contributed by atoms with Gasteiger partial charge in [0.05, 0.1) is 6.26 Å². The van der Waals surface area contributed by atoms with E-state index in [2.05, 4.69) is 51.2 Å². The molecule has 1 N–H and O–H groups in total. The molecule has 1 heterocycles. The molecule has 0 aliphatic rings. The smallest absolute Gasteiger partial charge is 0.146 e. The molecule has 0 bridgehead atoms. The largest absolute Gasteiger partial charge is 0.485 e. The van der Waals surface area contributed by atoms with Gasteiger partial charge < -0.3 is 14.5 Å². The number of furan rings is 1. The van der Waals surface area contributed by atoms with Gasteiger partial charge in [-0.15, -0.1) is 0 Å². The first-order valence-corrected chi connectivity index (χ1v) is 7.61. The molecular formula is C18H25NO2. The Hall–Kier alpha value is -1.74. The summed E-state index contributed by atoms with van der Waals surface area (Å²) < 4.78 is 11.5. The predicted octanol–water partition coefficient (Wildman–Crippen LogP) is 4.40. The Balaban J connectivity index is 2.06. The van der Waals surface area contributed by atoms with Gasteiger partial charge in [-0.3, -0.25) is 0 Å². The fourth-order valence-corrected chi connectivity index (χ4v) is 2.19. The van der Waals surface area contributed by atoms with Crippen molar-refractivity contribution in [1.82, 2.24) is 5.32 Å². The van der Waals surface area contributed by atoms with E-state index in [1.807, 2.05) is 6.07 Å². The Bertz CT molecular complexity index is 572. The van der Waals surface area contributed by atoms with Gasteiger partial charge in [0.2, 0.25) is 0 Å². The Kier molecular flexibility index (Phi) is 5.45. The molecule has 0 saturated carbocycles. The van der Waals surface area contributed by atoms with E-state index in [4.69, 9.17) is 9.15 Å². The lowest BCUT2D eigenvalue weighted by atomic mass is 10.0. The summed E-state index contributed by atoms with van der Waals surface area (Å²) in [7, 11) is 0. The molecule has 1 aromatic heterocycles. The van der Waals surface area contributed by atoms with Gasteiger partial charge in [0.1, 0.15) is 18.1 Å². The van der Waals surface area contributed by atoms with Gasteiger partial charge in [-0.25, -0.2) is 0 Å². The first kappa shape index (κ1) is 15.6. The molecule has 21 heavy (non-hydrogen) atoms. The number of hydrogen-bond acceptors (Lipinski definition) is 3. The van der Waals surface area contributed by atoms with Crippen LogP contribution in [0, 0.1) is 6.92 Å². The SMILES string of the molecule is CCNCc1ccoc1COc1cc(C(C)C)ccc1C. The van der Waals surface area contributed by atoms with Crippen LogP contribution in [0.4, 0.5) is 0 Å². The van der Waals surface area contributed by atoms with Crippen molar-refractivity contribution in [3.05, 3.63) is 53.0 Å². The number of ether oxygens (including phenoxy) is 1. The molecule has 0 aliphatic heterocycles. The molecule has 0 unspecified atom stereocenters. The first-order valence-electron chi connectivity index (χ1n) is 7.61. The monoisotopic (exact) mass is 287 g/mol. The average molecular weight is 287 g/mol. The topological polar surface area (TPSA) is 34.4 Å². The van der Waals surface area contributed by atoms with Crippen LogP contribution in [-0.4, -0.2) is 6.54 Å². The third-order valence-electron chi connectivity index (χ3n) is 3.64. The molecule has 0 atom stereocenters. The Morgan fingerprint density at radius 1 is 1.24 bits per heavy atom. The van der Waals surface area contributed by atoms with Crippen LogP contribution in [0.5, 0.6) is 5.75 Å². The molecule has 2 rings (SSSR count). The van der Waals surface area contributed by atoms with E-state index in [9.17, 15) is 0 Å². The number of benzene rings is 1. The van der Waals surface area contributed by atoms with Crippen LogP contribution in [0.3, 0.4) is 0 Å². The zero-order chi connectivity index (χ0) is 15.2. The van der Waals surface area contributed by atoms with E-state index in [0.717, 1.165) is 35.7 Å². The normalized spacial score (nSPS) is 11.1. The molecule has 0 radical (unpaired) electrons. The van der Waals surface area contributed by atoms with Crippen molar-refractivity contribution in [1.29, 1.82) is 0 Å². The van der Waals surface area contributed by atoms with Crippen molar-refractivity contribution in [2.75, 3.05) is 6.54 Å². The van der Waals surface area contributed by atoms with E-state index in [0.29, 0.717) is 12.5 Å². The molecule has 0 amide bonds. The van der Waals surface area contributed by atoms with E-state index >= 15 is 0 Å². The van der Waals surface area contributed by atoms with E-state index in [1.54, 1.807) is 6.26 Å². The number of rotatable bonds is 7. The highest BCUT2D eigenvalue weighted by Gasteiger charge is 2.09. The Morgan fingerprint density at radius 2 is 2.05 bits per heavy atom. The van der Waals surface area contributed by atoms with Gasteiger partial charge in [-0.2, -0.15) is 0 Å². The second kappa shape index (κ2) is 7.32. The summed E-state index contributed by atoms with van der Waals surface area (Å²) in [6.45, 7) is 10.8. The summed E-state index contributed by atoms with van der Waals surface area (Å²) in [5.41, 5.74) is 3.61. The quantitative estimate of drug-likeness (QED) is 0.819. The lowest BCUT2D eigenvalue weighted by Gasteiger charge is -2.12.